The van der Waals surface area contributed by atoms with Crippen molar-refractivity contribution in [2.75, 3.05) is 0 Å². The third kappa shape index (κ3) is 3.42. The zero-order valence-electron chi connectivity index (χ0n) is 5.68. The van der Waals surface area contributed by atoms with Crippen molar-refractivity contribution >= 4 is 17.2 Å². The number of rotatable bonds is 0. The maximum Gasteiger partial charge on any atom is 0.289 e. The minimum absolute atomic E-state index is 0.269. The molecule has 0 spiro atoms. The average molecular weight is 166 g/mol. The van der Waals surface area contributed by atoms with Gasteiger partial charge in [-0.15, -0.1) is 5.11 Å². The van der Waals surface area contributed by atoms with Gasteiger partial charge in [0, 0.05) is 6.08 Å². The second-order valence-corrected chi connectivity index (χ2v) is 2.48. The summed E-state index contributed by atoms with van der Waals surface area (Å²) in [6.45, 7) is 0. The van der Waals surface area contributed by atoms with Crippen LogP contribution in [0.1, 0.15) is 0 Å². The van der Waals surface area contributed by atoms with Gasteiger partial charge in [0.2, 0.25) is 0 Å². The zero-order chi connectivity index (χ0) is 7.94. The first-order valence-corrected chi connectivity index (χ1v) is 3.92. The second kappa shape index (κ2) is 4.51. The van der Waals surface area contributed by atoms with E-state index in [9.17, 15) is 4.79 Å². The highest BCUT2D eigenvalue weighted by atomic mass is 32.1. The SMILES string of the molecule is O=C1C=CN=N1.c1ccsc1. The van der Waals surface area contributed by atoms with Gasteiger partial charge >= 0.3 is 0 Å². The molecule has 4 heteroatoms. The van der Waals surface area contributed by atoms with Gasteiger partial charge < -0.3 is 0 Å². The van der Waals surface area contributed by atoms with Crippen LogP contribution in [-0.4, -0.2) is 5.91 Å². The van der Waals surface area contributed by atoms with Crippen LogP contribution in [0.4, 0.5) is 0 Å². The highest BCUT2D eigenvalue weighted by Crippen LogP contribution is 1.91. The molecular formula is C7H6N2OS. The number of hydrogen-bond acceptors (Lipinski definition) is 3. The minimum atomic E-state index is -0.269. The zero-order valence-corrected chi connectivity index (χ0v) is 6.49. The summed E-state index contributed by atoms with van der Waals surface area (Å²) >= 11 is 1.71. The molecule has 1 aromatic heterocycles. The van der Waals surface area contributed by atoms with Gasteiger partial charge in [-0.2, -0.15) is 16.5 Å². The van der Waals surface area contributed by atoms with Gasteiger partial charge in [0.05, 0.1) is 6.20 Å². The van der Waals surface area contributed by atoms with Crippen LogP contribution < -0.4 is 0 Å². The Morgan fingerprint density at radius 2 is 2.00 bits per heavy atom. The second-order valence-electron chi connectivity index (χ2n) is 1.66. The Balaban J connectivity index is 0.000000112. The van der Waals surface area contributed by atoms with E-state index < -0.39 is 0 Å². The molecule has 0 aliphatic carbocycles. The monoisotopic (exact) mass is 166 g/mol. The number of thiophene rings is 1. The van der Waals surface area contributed by atoms with Crippen LogP contribution >= 0.6 is 11.3 Å². The molecule has 0 unspecified atom stereocenters. The van der Waals surface area contributed by atoms with Gasteiger partial charge in [0.1, 0.15) is 0 Å². The molecular weight excluding hydrogens is 160 g/mol. The number of carbonyl (C=O) groups excluding carboxylic acids is 1. The van der Waals surface area contributed by atoms with Crippen molar-refractivity contribution in [1.29, 1.82) is 0 Å². The summed E-state index contributed by atoms with van der Waals surface area (Å²) in [5.74, 6) is -0.269. The largest absolute Gasteiger partial charge is 0.289 e. The summed E-state index contributed by atoms with van der Waals surface area (Å²) < 4.78 is 0. The first-order chi connectivity index (χ1) is 5.39. The Bertz CT molecular complexity index is 233. The van der Waals surface area contributed by atoms with Crippen molar-refractivity contribution in [3.05, 3.63) is 35.2 Å². The molecule has 2 heterocycles. The van der Waals surface area contributed by atoms with E-state index in [1.54, 1.807) is 11.3 Å². The van der Waals surface area contributed by atoms with E-state index in [2.05, 4.69) is 10.2 Å². The summed E-state index contributed by atoms with van der Waals surface area (Å²) in [6.07, 6.45) is 2.67. The molecule has 0 saturated carbocycles. The molecule has 11 heavy (non-hydrogen) atoms. The van der Waals surface area contributed by atoms with Gasteiger partial charge in [-0.25, -0.2) is 0 Å². The third-order valence-corrected chi connectivity index (χ3v) is 1.49. The van der Waals surface area contributed by atoms with Crippen molar-refractivity contribution in [1.82, 2.24) is 0 Å². The number of carbonyl (C=O) groups is 1. The van der Waals surface area contributed by atoms with Crippen LogP contribution in [0.2, 0.25) is 0 Å². The van der Waals surface area contributed by atoms with E-state index in [0.717, 1.165) is 0 Å². The summed E-state index contributed by atoms with van der Waals surface area (Å²) in [5, 5.41) is 10.5. The lowest BCUT2D eigenvalue weighted by atomic mass is 10.6. The van der Waals surface area contributed by atoms with Crippen LogP contribution in [0.15, 0.2) is 45.4 Å². The van der Waals surface area contributed by atoms with Crippen LogP contribution in [0.25, 0.3) is 0 Å². The molecule has 0 bridgehead atoms. The molecule has 1 aromatic rings. The Labute approximate surface area is 68.1 Å². The van der Waals surface area contributed by atoms with Crippen LogP contribution in [0.3, 0.4) is 0 Å². The average Bonchev–Trinajstić information content (AvgIpc) is 2.57. The summed E-state index contributed by atoms with van der Waals surface area (Å²) in [6, 6.07) is 4.04. The quantitative estimate of drug-likeness (QED) is 0.582. The van der Waals surface area contributed by atoms with Crippen molar-refractivity contribution in [3.8, 4) is 0 Å². The van der Waals surface area contributed by atoms with Crippen LogP contribution in [0, 0.1) is 0 Å². The summed E-state index contributed by atoms with van der Waals surface area (Å²) in [4.78, 5) is 9.90. The lowest BCUT2D eigenvalue weighted by Gasteiger charge is -1.59. The van der Waals surface area contributed by atoms with E-state index in [0.29, 0.717) is 0 Å². The van der Waals surface area contributed by atoms with E-state index in [-0.39, 0.29) is 5.91 Å². The summed E-state index contributed by atoms with van der Waals surface area (Å²) in [7, 11) is 0. The molecule has 0 fully saturated rings. The van der Waals surface area contributed by atoms with Gasteiger partial charge in [-0.3, -0.25) is 4.79 Å². The van der Waals surface area contributed by atoms with Gasteiger partial charge in [0.25, 0.3) is 5.91 Å². The van der Waals surface area contributed by atoms with Gasteiger partial charge in [0.15, 0.2) is 0 Å². The smallest absolute Gasteiger partial charge is 0.266 e. The van der Waals surface area contributed by atoms with Crippen molar-refractivity contribution in [3.63, 3.8) is 0 Å². The maximum absolute atomic E-state index is 9.90. The number of hydrogen-bond donors (Lipinski definition) is 0. The fourth-order valence-corrected chi connectivity index (χ4v) is 0.901. The molecule has 0 saturated heterocycles. The molecule has 56 valence electrons. The molecule has 2 rings (SSSR count). The first-order valence-electron chi connectivity index (χ1n) is 2.98. The Morgan fingerprint density at radius 3 is 2.18 bits per heavy atom. The predicted molar refractivity (Wildman–Crippen MR) is 43.3 cm³/mol. The minimum Gasteiger partial charge on any atom is -0.266 e. The van der Waals surface area contributed by atoms with E-state index in [1.807, 2.05) is 22.9 Å². The number of nitrogens with zero attached hydrogens (tertiary/aromatic N) is 2. The Hall–Kier alpha value is -1.29. The third-order valence-electron chi connectivity index (χ3n) is 0.865. The number of amides is 1. The fraction of sp³-hybridized carbons (Fsp3) is 0. The lowest BCUT2D eigenvalue weighted by molar-refractivity contribution is -0.113. The van der Waals surface area contributed by atoms with Gasteiger partial charge in [-0.1, -0.05) is 12.1 Å². The van der Waals surface area contributed by atoms with E-state index >= 15 is 0 Å². The van der Waals surface area contributed by atoms with Gasteiger partial charge in [-0.05, 0) is 10.8 Å². The first kappa shape index (κ1) is 7.81. The van der Waals surface area contributed by atoms with E-state index in [1.165, 1.54) is 12.3 Å². The number of azo groups is 1. The molecule has 0 N–H and O–H groups in total. The molecule has 0 radical (unpaired) electrons. The highest BCUT2D eigenvalue weighted by Gasteiger charge is 1.92. The molecule has 1 aliphatic rings. The highest BCUT2D eigenvalue weighted by molar-refractivity contribution is 7.07. The van der Waals surface area contributed by atoms with Crippen molar-refractivity contribution in [2.45, 2.75) is 0 Å². The molecule has 3 nitrogen and oxygen atoms in total. The summed E-state index contributed by atoms with van der Waals surface area (Å²) in [5.41, 5.74) is 0. The Kier molecular flexibility index (Phi) is 3.21. The molecule has 0 aromatic carbocycles. The van der Waals surface area contributed by atoms with Crippen LogP contribution in [0.5, 0.6) is 0 Å². The topological polar surface area (TPSA) is 41.8 Å². The predicted octanol–water partition coefficient (Wildman–Crippen LogP) is 2.24. The van der Waals surface area contributed by atoms with Crippen molar-refractivity contribution in [2.24, 2.45) is 10.2 Å². The lowest BCUT2D eigenvalue weighted by Crippen LogP contribution is -1.74. The normalized spacial score (nSPS) is 12.9. The molecule has 1 amide bonds. The van der Waals surface area contributed by atoms with Crippen molar-refractivity contribution < 1.29 is 4.79 Å². The standard InChI is InChI=1S/C4H4S.C3H2N2O/c1-2-4-5-3-1;6-3-1-2-4-5-3/h1-4H;1-2H. The molecule has 0 atom stereocenters. The fourth-order valence-electron chi connectivity index (χ4n) is 0.447. The maximum atomic E-state index is 9.90. The molecule has 1 aliphatic heterocycles. The van der Waals surface area contributed by atoms with Crippen LogP contribution in [-0.2, 0) is 4.79 Å². The Morgan fingerprint density at radius 1 is 1.27 bits per heavy atom. The van der Waals surface area contributed by atoms with E-state index in [4.69, 9.17) is 0 Å².